The Balaban J connectivity index is 3.47. The summed E-state index contributed by atoms with van der Waals surface area (Å²) in [5.41, 5.74) is 0. The number of aliphatic carboxylic acids is 1. The molecule has 1 N–H and O–H groups in total. The second-order valence-electron chi connectivity index (χ2n) is 1.75. The van der Waals surface area contributed by atoms with Crippen LogP contribution in [0.4, 0.5) is 0 Å². The van der Waals surface area contributed by atoms with E-state index in [-0.39, 0.29) is 6.42 Å². The average Bonchev–Trinajstić information content (AvgIpc) is 1.96. The molecule has 56 valence electrons. The van der Waals surface area contributed by atoms with Crippen LogP contribution in [0.5, 0.6) is 0 Å². The molecule has 0 aliphatic heterocycles. The minimum atomic E-state index is -0.806. The maximum Gasteiger partial charge on any atom is 0.303 e. The summed E-state index contributed by atoms with van der Waals surface area (Å²) in [4.78, 5) is 9.99. The van der Waals surface area contributed by atoms with Crippen molar-refractivity contribution in [2.45, 2.75) is 12.8 Å². The molecular weight excluding hydrogens is 140 g/mol. The molecule has 2 heteroatoms. The van der Waals surface area contributed by atoms with Crippen molar-refractivity contribution >= 4 is 5.97 Å². The summed E-state index contributed by atoms with van der Waals surface area (Å²) in [7, 11) is 0. The molecule has 2 nitrogen and oxygen atoms in total. The summed E-state index contributed by atoms with van der Waals surface area (Å²) in [6.45, 7) is 0. The minimum Gasteiger partial charge on any atom is -0.481 e. The summed E-state index contributed by atoms with van der Waals surface area (Å²) in [5.74, 6) is 6.26. The molecule has 0 saturated carbocycles. The van der Waals surface area contributed by atoms with Crippen LogP contribution in [-0.2, 0) is 4.79 Å². The van der Waals surface area contributed by atoms with Crippen LogP contribution in [-0.4, -0.2) is 11.1 Å². The fourth-order valence-electron chi connectivity index (χ4n) is 0.432. The maximum atomic E-state index is 9.99. The third-order valence-electron chi connectivity index (χ3n) is 0.870. The summed E-state index contributed by atoms with van der Waals surface area (Å²) in [6, 6.07) is 0. The third-order valence-corrected chi connectivity index (χ3v) is 0.870. The molecule has 0 heterocycles. The smallest absolute Gasteiger partial charge is 0.303 e. The lowest BCUT2D eigenvalue weighted by atomic mass is 10.3. The SMILES string of the molecule is C#CC#C/C=C\CCC(=O)O. The van der Waals surface area contributed by atoms with Crippen LogP contribution in [0.25, 0.3) is 0 Å². The quantitative estimate of drug-likeness (QED) is 0.607. The molecule has 0 saturated heterocycles. The first kappa shape index (κ1) is 9.33. The molecule has 0 fully saturated rings. The molecule has 0 rings (SSSR count). The van der Waals surface area contributed by atoms with Crippen molar-refractivity contribution in [2.75, 3.05) is 0 Å². The van der Waals surface area contributed by atoms with Crippen molar-refractivity contribution in [2.24, 2.45) is 0 Å². The Morgan fingerprint density at radius 1 is 1.64 bits per heavy atom. The van der Waals surface area contributed by atoms with Gasteiger partial charge in [-0.1, -0.05) is 12.0 Å². The van der Waals surface area contributed by atoms with E-state index in [1.54, 1.807) is 12.2 Å². The van der Waals surface area contributed by atoms with Gasteiger partial charge >= 0.3 is 5.97 Å². The molecule has 0 aromatic carbocycles. The lowest BCUT2D eigenvalue weighted by molar-refractivity contribution is -0.136. The van der Waals surface area contributed by atoms with Crippen molar-refractivity contribution < 1.29 is 9.90 Å². The number of rotatable bonds is 3. The maximum absolute atomic E-state index is 9.99. The predicted molar refractivity (Wildman–Crippen MR) is 42.6 cm³/mol. The highest BCUT2D eigenvalue weighted by atomic mass is 16.4. The predicted octanol–water partition coefficient (Wildman–Crippen LogP) is 1.04. The number of carboxylic acids is 1. The van der Waals surface area contributed by atoms with Crippen LogP contribution in [0.1, 0.15) is 12.8 Å². The first-order chi connectivity index (χ1) is 5.27. The fourth-order valence-corrected chi connectivity index (χ4v) is 0.432. The molecule has 0 amide bonds. The van der Waals surface area contributed by atoms with Crippen molar-refractivity contribution in [3.05, 3.63) is 12.2 Å². The molecule has 0 spiro atoms. The molecule has 0 aliphatic carbocycles. The average molecular weight is 148 g/mol. The molecule has 0 radical (unpaired) electrons. The number of terminal acetylenes is 1. The number of carbonyl (C=O) groups is 1. The third kappa shape index (κ3) is 8.33. The zero-order valence-electron chi connectivity index (χ0n) is 6.00. The van der Waals surface area contributed by atoms with Crippen molar-refractivity contribution in [1.82, 2.24) is 0 Å². The lowest BCUT2D eigenvalue weighted by Gasteiger charge is -1.83. The van der Waals surface area contributed by atoms with E-state index in [1.165, 1.54) is 0 Å². The van der Waals surface area contributed by atoms with Gasteiger partial charge < -0.3 is 5.11 Å². The van der Waals surface area contributed by atoms with Gasteiger partial charge in [0.15, 0.2) is 0 Å². The van der Waals surface area contributed by atoms with Crippen LogP contribution < -0.4 is 0 Å². The minimum absolute atomic E-state index is 0.133. The Hall–Kier alpha value is -1.67. The molecule has 0 aromatic rings. The van der Waals surface area contributed by atoms with Crippen LogP contribution in [0, 0.1) is 24.2 Å². The molecule has 0 aromatic heterocycles. The van der Waals surface area contributed by atoms with E-state index in [4.69, 9.17) is 11.5 Å². The largest absolute Gasteiger partial charge is 0.481 e. The Morgan fingerprint density at radius 3 is 2.91 bits per heavy atom. The van der Waals surface area contributed by atoms with Gasteiger partial charge in [0.2, 0.25) is 0 Å². The van der Waals surface area contributed by atoms with Gasteiger partial charge in [-0.25, -0.2) is 0 Å². The van der Waals surface area contributed by atoms with E-state index in [0.717, 1.165) is 0 Å². The Labute approximate surface area is 65.9 Å². The Bertz CT molecular complexity index is 245. The monoisotopic (exact) mass is 148 g/mol. The highest BCUT2D eigenvalue weighted by Crippen LogP contribution is 1.89. The van der Waals surface area contributed by atoms with Gasteiger partial charge in [-0.15, -0.1) is 6.42 Å². The standard InChI is InChI=1S/C9H8O2/c1-2-3-4-5-6-7-8-9(10)11/h1,5-6H,7-8H2,(H,10,11)/b6-5-. The summed E-state index contributed by atoms with van der Waals surface area (Å²) >= 11 is 0. The van der Waals surface area contributed by atoms with Crippen molar-refractivity contribution in [1.29, 1.82) is 0 Å². The van der Waals surface area contributed by atoms with Crippen LogP contribution in [0.2, 0.25) is 0 Å². The first-order valence-corrected chi connectivity index (χ1v) is 3.10. The Kier molecular flexibility index (Phi) is 5.47. The first-order valence-electron chi connectivity index (χ1n) is 3.10. The normalized spacial score (nSPS) is 8.27. The molecule has 0 bridgehead atoms. The van der Waals surface area contributed by atoms with Gasteiger partial charge in [0.25, 0.3) is 0 Å². The van der Waals surface area contributed by atoms with Gasteiger partial charge in [-0.3, -0.25) is 4.79 Å². The van der Waals surface area contributed by atoms with Crippen molar-refractivity contribution in [3.8, 4) is 24.2 Å². The topological polar surface area (TPSA) is 37.3 Å². The number of allylic oxidation sites excluding steroid dienone is 2. The second-order valence-corrected chi connectivity index (χ2v) is 1.75. The van der Waals surface area contributed by atoms with Gasteiger partial charge in [0.1, 0.15) is 0 Å². The van der Waals surface area contributed by atoms with E-state index in [2.05, 4.69) is 17.8 Å². The zero-order chi connectivity index (χ0) is 8.53. The molecule has 0 aliphatic rings. The van der Waals surface area contributed by atoms with Gasteiger partial charge in [0, 0.05) is 6.42 Å². The van der Waals surface area contributed by atoms with Crippen LogP contribution >= 0.6 is 0 Å². The molecule has 0 atom stereocenters. The fraction of sp³-hybridized carbons (Fsp3) is 0.222. The van der Waals surface area contributed by atoms with Gasteiger partial charge in [-0.2, -0.15) is 0 Å². The molecular formula is C9H8O2. The van der Waals surface area contributed by atoms with Crippen LogP contribution in [0.15, 0.2) is 12.2 Å². The van der Waals surface area contributed by atoms with Gasteiger partial charge in [-0.05, 0) is 24.3 Å². The zero-order valence-corrected chi connectivity index (χ0v) is 6.00. The van der Waals surface area contributed by atoms with Crippen LogP contribution in [0.3, 0.4) is 0 Å². The van der Waals surface area contributed by atoms with Gasteiger partial charge in [0.05, 0.1) is 0 Å². The van der Waals surface area contributed by atoms with E-state index < -0.39 is 5.97 Å². The van der Waals surface area contributed by atoms with Crippen molar-refractivity contribution in [3.63, 3.8) is 0 Å². The lowest BCUT2D eigenvalue weighted by Crippen LogP contribution is -1.91. The number of hydrogen-bond donors (Lipinski definition) is 1. The highest BCUT2D eigenvalue weighted by molar-refractivity contribution is 5.66. The summed E-state index contributed by atoms with van der Waals surface area (Å²) < 4.78 is 0. The van der Waals surface area contributed by atoms with E-state index in [1.807, 2.05) is 0 Å². The van der Waals surface area contributed by atoms with E-state index in [0.29, 0.717) is 6.42 Å². The highest BCUT2D eigenvalue weighted by Gasteiger charge is 1.90. The summed E-state index contributed by atoms with van der Waals surface area (Å²) in [5, 5.41) is 8.21. The molecule has 11 heavy (non-hydrogen) atoms. The number of carboxylic acid groups (broad SMARTS) is 1. The summed E-state index contributed by atoms with van der Waals surface area (Å²) in [6.07, 6.45) is 8.71. The van der Waals surface area contributed by atoms with E-state index in [9.17, 15) is 4.79 Å². The van der Waals surface area contributed by atoms with E-state index >= 15 is 0 Å². The molecule has 0 unspecified atom stereocenters. The Morgan fingerprint density at radius 2 is 2.36 bits per heavy atom. The second kappa shape index (κ2) is 6.45. The number of hydrogen-bond acceptors (Lipinski definition) is 1.